The van der Waals surface area contributed by atoms with Crippen LogP contribution in [0.4, 0.5) is 0 Å². The van der Waals surface area contributed by atoms with Crippen molar-refractivity contribution in [2.24, 2.45) is 5.92 Å². The molecule has 10 heteroatoms. The van der Waals surface area contributed by atoms with E-state index in [0.29, 0.717) is 12.5 Å². The molecule has 0 aromatic heterocycles. The first-order valence-electron chi connectivity index (χ1n) is 6.00. The van der Waals surface area contributed by atoms with E-state index in [1.54, 1.807) is 0 Å². The van der Waals surface area contributed by atoms with Crippen LogP contribution in [-0.4, -0.2) is 42.9 Å². The normalized spacial score (nSPS) is 15.5. The second-order valence-corrected chi connectivity index (χ2v) is 8.67. The molecule has 0 saturated carbocycles. The highest BCUT2D eigenvalue weighted by Crippen LogP contribution is 2.68. The zero-order valence-electron chi connectivity index (χ0n) is 11.1. The third-order valence-electron chi connectivity index (χ3n) is 3.08. The van der Waals surface area contributed by atoms with Crippen LogP contribution >= 0.6 is 15.2 Å². The summed E-state index contributed by atoms with van der Waals surface area (Å²) in [5.41, 5.74) is 0. The number of aliphatic hydroxyl groups is 1. The molecule has 0 aliphatic rings. The Hall–Kier alpha value is 0.220. The van der Waals surface area contributed by atoms with Gasteiger partial charge in [-0.05, 0) is 25.4 Å². The molecule has 0 aliphatic heterocycles. The Morgan fingerprint density at radius 2 is 1.58 bits per heavy atom. The fourth-order valence-corrected chi connectivity index (χ4v) is 3.56. The molecule has 0 aromatic rings. The highest BCUT2D eigenvalue weighted by atomic mass is 31.2. The number of nitrogens with one attached hydrogen (secondary N) is 1. The number of rotatable bonds is 9. The lowest BCUT2D eigenvalue weighted by Crippen LogP contribution is -2.33. The maximum absolute atomic E-state index is 11.0. The Morgan fingerprint density at radius 3 is 1.95 bits per heavy atom. The molecular weight excluding hydrogens is 296 g/mol. The third kappa shape index (κ3) is 5.61. The molecule has 0 rings (SSSR count). The fourth-order valence-electron chi connectivity index (χ4n) is 1.39. The summed E-state index contributed by atoms with van der Waals surface area (Å²) in [6, 6.07) is 0. The van der Waals surface area contributed by atoms with Crippen LogP contribution in [0.25, 0.3) is 0 Å². The molecule has 0 bridgehead atoms. The van der Waals surface area contributed by atoms with E-state index in [9.17, 15) is 14.2 Å². The largest absolute Gasteiger partial charge is 0.369 e. The average molecular weight is 319 g/mol. The Morgan fingerprint density at radius 1 is 1.11 bits per heavy atom. The van der Waals surface area contributed by atoms with E-state index in [-0.39, 0.29) is 6.54 Å². The van der Waals surface area contributed by atoms with Crippen molar-refractivity contribution in [3.63, 3.8) is 0 Å². The monoisotopic (exact) mass is 319 g/mol. The lowest BCUT2D eigenvalue weighted by molar-refractivity contribution is 0.123. The summed E-state index contributed by atoms with van der Waals surface area (Å²) in [6.07, 6.45) is 1.11. The first-order valence-corrected chi connectivity index (χ1v) is 9.22. The average Bonchev–Trinajstić information content (AvgIpc) is 2.24. The standard InChI is InChI=1S/C9H23NO7P2/c1-3-8(2)4-6-10-7-5-9(11,18(12,13)14)19(15,16)17/h8,10-11H,3-7H2,1-2H3,(H2,12,13,14)(H2,15,16,17). The molecule has 0 aliphatic carbocycles. The molecule has 1 atom stereocenters. The van der Waals surface area contributed by atoms with Crippen molar-refractivity contribution >= 4 is 15.2 Å². The van der Waals surface area contributed by atoms with E-state index in [2.05, 4.69) is 5.32 Å². The van der Waals surface area contributed by atoms with E-state index >= 15 is 0 Å². The lowest BCUT2D eigenvalue weighted by atomic mass is 10.1. The molecule has 0 spiro atoms. The third-order valence-corrected chi connectivity index (χ3v) is 6.96. The predicted molar refractivity (Wildman–Crippen MR) is 70.6 cm³/mol. The highest BCUT2D eigenvalue weighted by molar-refractivity contribution is 7.72. The van der Waals surface area contributed by atoms with Crippen LogP contribution in [0.2, 0.25) is 0 Å². The van der Waals surface area contributed by atoms with Crippen molar-refractivity contribution in [1.82, 2.24) is 5.32 Å². The van der Waals surface area contributed by atoms with Gasteiger partial charge in [-0.2, -0.15) is 0 Å². The van der Waals surface area contributed by atoms with E-state index in [0.717, 1.165) is 12.8 Å². The Bertz CT molecular complexity index is 342. The quantitative estimate of drug-likeness (QED) is 0.264. The van der Waals surface area contributed by atoms with E-state index < -0.39 is 26.7 Å². The van der Waals surface area contributed by atoms with Crippen LogP contribution in [0, 0.1) is 5.92 Å². The van der Waals surface area contributed by atoms with E-state index in [4.69, 9.17) is 19.6 Å². The summed E-state index contributed by atoms with van der Waals surface area (Å²) in [4.78, 5) is 35.6. The van der Waals surface area contributed by atoms with Gasteiger partial charge in [-0.15, -0.1) is 0 Å². The minimum absolute atomic E-state index is 0.0941. The maximum atomic E-state index is 11.0. The predicted octanol–water partition coefficient (Wildman–Crippen LogP) is 0.404. The summed E-state index contributed by atoms with van der Waals surface area (Å²) in [5, 5.41) is 9.06. The van der Waals surface area contributed by atoms with Crippen molar-refractivity contribution in [3.05, 3.63) is 0 Å². The van der Waals surface area contributed by atoms with Gasteiger partial charge in [0.25, 0.3) is 5.08 Å². The molecule has 1 unspecified atom stereocenters. The number of hydrogen-bond donors (Lipinski definition) is 6. The van der Waals surface area contributed by atoms with Gasteiger partial charge in [-0.3, -0.25) is 9.13 Å². The van der Waals surface area contributed by atoms with Crippen molar-refractivity contribution < 1.29 is 33.8 Å². The van der Waals surface area contributed by atoms with Crippen LogP contribution in [0.5, 0.6) is 0 Å². The highest BCUT2D eigenvalue weighted by Gasteiger charge is 2.58. The first kappa shape index (κ1) is 19.2. The molecule has 0 saturated heterocycles. The summed E-state index contributed by atoms with van der Waals surface area (Å²) in [5.74, 6) is 0.481. The van der Waals surface area contributed by atoms with Gasteiger partial charge in [-0.25, -0.2) is 0 Å². The first-order chi connectivity index (χ1) is 8.45. The van der Waals surface area contributed by atoms with E-state index in [1.165, 1.54) is 0 Å². The smallest absolute Gasteiger partial charge is 0.367 e. The van der Waals surface area contributed by atoms with Crippen LogP contribution in [0.15, 0.2) is 0 Å². The molecule has 8 nitrogen and oxygen atoms in total. The summed E-state index contributed by atoms with van der Waals surface area (Å²) in [7, 11) is -10.7. The van der Waals surface area contributed by atoms with Crippen molar-refractivity contribution in [2.75, 3.05) is 13.1 Å². The zero-order valence-corrected chi connectivity index (χ0v) is 12.8. The van der Waals surface area contributed by atoms with Crippen molar-refractivity contribution in [1.29, 1.82) is 0 Å². The molecule has 19 heavy (non-hydrogen) atoms. The van der Waals surface area contributed by atoms with Gasteiger partial charge in [-0.1, -0.05) is 20.3 Å². The second-order valence-electron chi connectivity index (χ2n) is 4.66. The molecule has 0 aromatic carbocycles. The topological polar surface area (TPSA) is 147 Å². The molecule has 0 radical (unpaired) electrons. The molecule has 0 amide bonds. The zero-order chi connectivity index (χ0) is 15.3. The summed E-state index contributed by atoms with van der Waals surface area (Å²) in [6.45, 7) is 4.53. The van der Waals surface area contributed by atoms with Gasteiger partial charge >= 0.3 is 15.2 Å². The van der Waals surface area contributed by atoms with Gasteiger partial charge in [0.1, 0.15) is 0 Å². The number of hydrogen-bond acceptors (Lipinski definition) is 4. The van der Waals surface area contributed by atoms with Crippen LogP contribution in [0.1, 0.15) is 33.1 Å². The SMILES string of the molecule is CCC(C)CCNCCC(O)(P(=O)(O)O)P(=O)(O)O. The lowest BCUT2D eigenvalue weighted by Gasteiger charge is -2.29. The maximum Gasteiger partial charge on any atom is 0.369 e. The molecule has 0 fully saturated rings. The van der Waals surface area contributed by atoms with Crippen molar-refractivity contribution in [2.45, 2.75) is 38.2 Å². The molecule has 6 N–H and O–H groups in total. The Kier molecular flexibility index (Phi) is 7.38. The minimum Gasteiger partial charge on any atom is -0.367 e. The van der Waals surface area contributed by atoms with Gasteiger partial charge in [0.05, 0.1) is 0 Å². The van der Waals surface area contributed by atoms with Gasteiger partial charge in [0.15, 0.2) is 0 Å². The molecule has 0 heterocycles. The summed E-state index contributed by atoms with van der Waals surface area (Å²) < 4.78 is 22.1. The van der Waals surface area contributed by atoms with Gasteiger partial charge in [0, 0.05) is 6.42 Å². The molecular formula is C9H23NO7P2. The van der Waals surface area contributed by atoms with Gasteiger partial charge in [0.2, 0.25) is 0 Å². The summed E-state index contributed by atoms with van der Waals surface area (Å²) >= 11 is 0. The Balaban J connectivity index is 4.41. The van der Waals surface area contributed by atoms with Crippen LogP contribution < -0.4 is 5.32 Å². The van der Waals surface area contributed by atoms with Crippen molar-refractivity contribution in [3.8, 4) is 0 Å². The Labute approximate surface area is 112 Å². The minimum atomic E-state index is -5.33. The van der Waals surface area contributed by atoms with E-state index in [1.807, 2.05) is 13.8 Å². The van der Waals surface area contributed by atoms with Crippen LogP contribution in [-0.2, 0) is 9.13 Å². The second kappa shape index (κ2) is 7.29. The van der Waals surface area contributed by atoms with Gasteiger partial charge < -0.3 is 30.0 Å². The molecule has 116 valence electrons. The fraction of sp³-hybridized carbons (Fsp3) is 1.00. The van der Waals surface area contributed by atoms with Crippen LogP contribution in [0.3, 0.4) is 0 Å².